The van der Waals surface area contributed by atoms with Crippen molar-refractivity contribution in [1.82, 2.24) is 0 Å². The normalized spacial score (nSPS) is 15.2. The van der Waals surface area contributed by atoms with Crippen LogP contribution in [0.15, 0.2) is 134 Å². The van der Waals surface area contributed by atoms with E-state index < -0.39 is 38.6 Å². The van der Waals surface area contributed by atoms with Gasteiger partial charge in [-0.15, -0.1) is 0 Å². The number of esters is 2. The first-order chi connectivity index (χ1) is 30.4. The second kappa shape index (κ2) is 42.1. The molecule has 0 aliphatic rings. The van der Waals surface area contributed by atoms with Crippen LogP contribution in [-0.2, 0) is 32.7 Å². The van der Waals surface area contributed by atoms with Crippen molar-refractivity contribution in [1.29, 1.82) is 0 Å². The number of likely N-dealkylation sites (N-methyl/N-ethyl adjacent to an activating group) is 1. The fourth-order valence-corrected chi connectivity index (χ4v) is 5.90. The lowest BCUT2D eigenvalue weighted by Crippen LogP contribution is -2.37. The number of aliphatic hydroxyl groups excluding tert-OH is 1. The maximum atomic E-state index is 12.7. The molecule has 0 heterocycles. The lowest BCUT2D eigenvalue weighted by Gasteiger charge is -2.24. The molecule has 0 radical (unpaired) electrons. The van der Waals surface area contributed by atoms with Crippen molar-refractivity contribution in [2.45, 2.75) is 135 Å². The minimum absolute atomic E-state index is 0.0301. The van der Waals surface area contributed by atoms with Gasteiger partial charge in [0.25, 0.3) is 0 Å². The largest absolute Gasteiger partial charge is 0.472 e. The molecule has 63 heavy (non-hydrogen) atoms. The second-order valence-electron chi connectivity index (χ2n) is 15.9. The van der Waals surface area contributed by atoms with Crippen LogP contribution in [0.1, 0.15) is 123 Å². The third kappa shape index (κ3) is 45.9. The van der Waals surface area contributed by atoms with Gasteiger partial charge >= 0.3 is 19.8 Å². The summed E-state index contributed by atoms with van der Waals surface area (Å²) in [7, 11) is 1.27. The summed E-state index contributed by atoms with van der Waals surface area (Å²) in [5.74, 6) is -1.19. The van der Waals surface area contributed by atoms with E-state index in [9.17, 15) is 24.2 Å². The summed E-state index contributed by atoms with van der Waals surface area (Å²) in [4.78, 5) is 35.4. The van der Waals surface area contributed by atoms with Gasteiger partial charge in [0.05, 0.1) is 33.9 Å². The topological polar surface area (TPSA) is 129 Å². The van der Waals surface area contributed by atoms with Crippen LogP contribution in [0.25, 0.3) is 0 Å². The fraction of sp³-hybridized carbons (Fsp3) is 0.538. The summed E-state index contributed by atoms with van der Waals surface area (Å²) in [6, 6.07) is 0. The Morgan fingerprint density at radius 3 is 1.59 bits per heavy atom. The average molecular weight is 897 g/mol. The Bertz CT molecular complexity index is 1540. The second-order valence-corrected chi connectivity index (χ2v) is 17.3. The van der Waals surface area contributed by atoms with E-state index >= 15 is 0 Å². The van der Waals surface area contributed by atoms with Gasteiger partial charge in [-0.05, 0) is 83.5 Å². The van der Waals surface area contributed by atoms with Crippen molar-refractivity contribution in [2.24, 2.45) is 0 Å². The molecular formula is C52H83NO9P+. The number of rotatable bonds is 39. The molecule has 0 aromatic carbocycles. The maximum absolute atomic E-state index is 12.7. The van der Waals surface area contributed by atoms with Crippen LogP contribution in [0.4, 0.5) is 0 Å². The van der Waals surface area contributed by atoms with Gasteiger partial charge in [-0.3, -0.25) is 18.6 Å². The number of nitrogens with zero attached hydrogens (tertiary/aromatic N) is 1. The molecule has 10 nitrogen and oxygen atoms in total. The van der Waals surface area contributed by atoms with E-state index in [0.717, 1.165) is 57.8 Å². The minimum Gasteiger partial charge on any atom is -0.462 e. The van der Waals surface area contributed by atoms with Crippen molar-refractivity contribution in [2.75, 3.05) is 47.5 Å². The number of phosphoric ester groups is 1. The van der Waals surface area contributed by atoms with Gasteiger partial charge in [0.1, 0.15) is 19.8 Å². The zero-order valence-corrected chi connectivity index (χ0v) is 40.2. The van der Waals surface area contributed by atoms with Gasteiger partial charge in [-0.25, -0.2) is 4.57 Å². The summed E-state index contributed by atoms with van der Waals surface area (Å²) in [6.45, 7) is 3.88. The molecule has 0 aliphatic heterocycles. The van der Waals surface area contributed by atoms with Gasteiger partial charge in [0.15, 0.2) is 6.10 Å². The van der Waals surface area contributed by atoms with Crippen molar-refractivity contribution < 1.29 is 47.2 Å². The van der Waals surface area contributed by atoms with Crippen molar-refractivity contribution in [3.8, 4) is 0 Å². The number of allylic oxidation sites excluding steroid dienone is 21. The predicted octanol–water partition coefficient (Wildman–Crippen LogP) is 12.4. The third-order valence-electron chi connectivity index (χ3n) is 8.80. The quantitative estimate of drug-likeness (QED) is 0.0155. The number of hydrogen-bond donors (Lipinski definition) is 2. The van der Waals surface area contributed by atoms with Crippen LogP contribution >= 0.6 is 7.82 Å². The average Bonchev–Trinajstić information content (AvgIpc) is 3.24. The number of carbonyl (C=O) groups excluding carboxylic acids is 2. The molecule has 0 aromatic rings. The molecule has 354 valence electrons. The molecule has 0 aliphatic carbocycles. The highest BCUT2D eigenvalue weighted by molar-refractivity contribution is 7.47. The molecule has 2 N–H and O–H groups in total. The summed E-state index contributed by atoms with van der Waals surface area (Å²) < 4.78 is 34.0. The van der Waals surface area contributed by atoms with E-state index in [2.05, 4.69) is 111 Å². The zero-order valence-electron chi connectivity index (χ0n) is 39.4. The molecular weight excluding hydrogens is 814 g/mol. The molecule has 2 unspecified atom stereocenters. The lowest BCUT2D eigenvalue weighted by molar-refractivity contribution is -0.870. The number of ether oxygens (including phenoxy) is 2. The molecule has 0 saturated heterocycles. The van der Waals surface area contributed by atoms with Crippen LogP contribution < -0.4 is 0 Å². The van der Waals surface area contributed by atoms with E-state index in [0.29, 0.717) is 17.4 Å². The van der Waals surface area contributed by atoms with Crippen LogP contribution in [0.5, 0.6) is 0 Å². The van der Waals surface area contributed by atoms with Crippen molar-refractivity contribution >= 4 is 19.8 Å². The van der Waals surface area contributed by atoms with Crippen LogP contribution in [-0.4, -0.2) is 86.1 Å². The van der Waals surface area contributed by atoms with Gasteiger partial charge in [0, 0.05) is 12.8 Å². The highest BCUT2D eigenvalue weighted by Crippen LogP contribution is 2.43. The number of carbonyl (C=O) groups is 2. The summed E-state index contributed by atoms with van der Waals surface area (Å²) in [6.07, 6.45) is 57.1. The standard InChI is InChI=1S/C52H82NO9P/c1-6-8-10-12-14-16-18-20-22-24-25-26-28-30-32-34-36-38-40-42-51(55)59-47-50(48-61-63(57,58)60-46-45-53(3,4)5)62-52(56)44-43-49(54)41-39-37-35-33-31-29-27-23-21-19-17-15-13-11-9-7-2/h9,11,14-17,20-23,25-26,29-32,35-39,41,49-50,54H,6-8,10,12-13,18-19,24,27-28,33-34,40,42-48H2,1-5H3/p+1/b11-9-,16-14-,17-15-,22-20-,23-21-,26-25-,31-29-,32-30-,37-35-,38-36-,41-39-/t49?,50-/m1/s1. The highest BCUT2D eigenvalue weighted by atomic mass is 31.2. The maximum Gasteiger partial charge on any atom is 0.472 e. The first-order valence-electron chi connectivity index (χ1n) is 23.0. The minimum atomic E-state index is -4.47. The number of hydrogen-bond acceptors (Lipinski definition) is 8. The number of unbranched alkanes of at least 4 members (excludes halogenated alkanes) is 3. The Kier molecular flexibility index (Phi) is 39.5. The molecule has 0 rings (SSSR count). The Hall–Kier alpha value is -3.89. The number of quaternary nitrogens is 1. The van der Waals surface area contributed by atoms with E-state index in [1.165, 1.54) is 25.7 Å². The Balaban J connectivity index is 4.72. The molecule has 11 heteroatoms. The summed E-state index contributed by atoms with van der Waals surface area (Å²) in [5.41, 5.74) is 0. The Morgan fingerprint density at radius 2 is 1.08 bits per heavy atom. The third-order valence-corrected chi connectivity index (χ3v) is 9.78. The van der Waals surface area contributed by atoms with Gasteiger partial charge < -0.3 is 24.0 Å². The van der Waals surface area contributed by atoms with Crippen LogP contribution in [0, 0.1) is 0 Å². The fourth-order valence-electron chi connectivity index (χ4n) is 5.16. The van der Waals surface area contributed by atoms with E-state index in [1.54, 1.807) is 12.2 Å². The molecule has 0 aromatic heterocycles. The first kappa shape index (κ1) is 59.1. The van der Waals surface area contributed by atoms with Crippen molar-refractivity contribution in [3.63, 3.8) is 0 Å². The summed E-state index contributed by atoms with van der Waals surface area (Å²) >= 11 is 0. The van der Waals surface area contributed by atoms with E-state index in [1.807, 2.05) is 45.4 Å². The zero-order chi connectivity index (χ0) is 46.5. The van der Waals surface area contributed by atoms with E-state index in [4.69, 9.17) is 18.5 Å². The molecule has 0 bridgehead atoms. The molecule has 3 atom stereocenters. The van der Waals surface area contributed by atoms with Crippen molar-refractivity contribution in [3.05, 3.63) is 134 Å². The van der Waals surface area contributed by atoms with Crippen LogP contribution in [0.3, 0.4) is 0 Å². The lowest BCUT2D eigenvalue weighted by atomic mass is 10.2. The molecule has 0 saturated carbocycles. The molecule has 0 spiro atoms. The Labute approximate surface area is 382 Å². The molecule has 0 fully saturated rings. The molecule has 0 amide bonds. The van der Waals surface area contributed by atoms with Gasteiger partial charge in [0.2, 0.25) is 0 Å². The number of phosphoric acid groups is 1. The van der Waals surface area contributed by atoms with E-state index in [-0.39, 0.29) is 32.5 Å². The Morgan fingerprint density at radius 1 is 0.587 bits per heavy atom. The van der Waals surface area contributed by atoms with Gasteiger partial charge in [-0.1, -0.05) is 160 Å². The SMILES string of the molecule is CC/C=C\C/C=C\C/C=C\C/C=C\C/C=C\C=C/C(O)CCC(=O)O[C@H](COC(=O)CC/C=C\C/C=C\C/C=C\C/C=C\C/C=C\CCCCC)COP(=O)(O)OCC[N+](C)(C)C. The van der Waals surface area contributed by atoms with Gasteiger partial charge in [-0.2, -0.15) is 0 Å². The highest BCUT2D eigenvalue weighted by Gasteiger charge is 2.27. The smallest absolute Gasteiger partial charge is 0.462 e. The monoisotopic (exact) mass is 897 g/mol. The first-order valence-corrected chi connectivity index (χ1v) is 24.5. The van der Waals surface area contributed by atoms with Crippen LogP contribution in [0.2, 0.25) is 0 Å². The number of aliphatic hydroxyl groups is 1. The predicted molar refractivity (Wildman–Crippen MR) is 262 cm³/mol. The summed E-state index contributed by atoms with van der Waals surface area (Å²) in [5, 5.41) is 10.4.